The molecule has 5 nitrogen and oxygen atoms in total. The van der Waals surface area contributed by atoms with Crippen LogP contribution in [0.15, 0.2) is 60.4 Å². The molecule has 0 saturated heterocycles. The van der Waals surface area contributed by atoms with Crippen molar-refractivity contribution in [2.45, 2.75) is 20.8 Å². The third-order valence-electron chi connectivity index (χ3n) is 5.00. The average molecular weight is 422 g/mol. The number of imidazole rings is 1. The Hall–Kier alpha value is -3.19. The van der Waals surface area contributed by atoms with Crippen LogP contribution >= 0.6 is 11.3 Å². The molecule has 0 spiro atoms. The number of anilines is 3. The smallest absolute Gasteiger partial charge is 0.187 e. The standard InChI is InChI=1S/C23H24FN5S/c1-4-28(5-2)19-10-11-20(24)21(12-19)26-23-27-22(14-30-23)17-6-8-18(9-7-17)29-13-16(3)25-15-29/h6-15H,4-5H2,1-3H3,(H,26,27). The number of hydrogen-bond donors (Lipinski definition) is 1. The van der Waals surface area contributed by atoms with Crippen LogP contribution in [-0.2, 0) is 0 Å². The van der Waals surface area contributed by atoms with Crippen LogP contribution in [0.4, 0.5) is 20.9 Å². The van der Waals surface area contributed by atoms with Crippen molar-refractivity contribution in [3.63, 3.8) is 0 Å². The van der Waals surface area contributed by atoms with Gasteiger partial charge in [-0.3, -0.25) is 0 Å². The van der Waals surface area contributed by atoms with Crippen molar-refractivity contribution in [3.8, 4) is 16.9 Å². The van der Waals surface area contributed by atoms with Crippen molar-refractivity contribution in [3.05, 3.63) is 71.9 Å². The van der Waals surface area contributed by atoms with Gasteiger partial charge in [-0.05, 0) is 51.1 Å². The van der Waals surface area contributed by atoms with Crippen LogP contribution in [0.1, 0.15) is 19.5 Å². The SMILES string of the molecule is CCN(CC)c1ccc(F)c(Nc2nc(-c3ccc(-n4cnc(C)c4)cc3)cs2)c1. The first kappa shape index (κ1) is 20.1. The third-order valence-corrected chi connectivity index (χ3v) is 5.75. The Morgan fingerprint density at radius 2 is 1.87 bits per heavy atom. The number of thiazole rings is 1. The maximum Gasteiger partial charge on any atom is 0.187 e. The van der Waals surface area contributed by atoms with Gasteiger partial charge in [0.25, 0.3) is 0 Å². The number of halogens is 1. The molecular weight excluding hydrogens is 397 g/mol. The largest absolute Gasteiger partial charge is 0.372 e. The highest BCUT2D eigenvalue weighted by atomic mass is 32.1. The molecule has 2 heterocycles. The molecule has 4 rings (SSSR count). The van der Waals surface area contributed by atoms with E-state index in [1.165, 1.54) is 17.4 Å². The van der Waals surface area contributed by atoms with Gasteiger partial charge in [0.1, 0.15) is 5.82 Å². The van der Waals surface area contributed by atoms with Crippen molar-refractivity contribution in [2.24, 2.45) is 0 Å². The number of nitrogens with one attached hydrogen (secondary N) is 1. The summed E-state index contributed by atoms with van der Waals surface area (Å²) in [4.78, 5) is 11.1. The molecule has 0 aliphatic rings. The van der Waals surface area contributed by atoms with Gasteiger partial charge in [0.2, 0.25) is 0 Å². The quantitative estimate of drug-likeness (QED) is 0.396. The Morgan fingerprint density at radius 3 is 2.53 bits per heavy atom. The zero-order valence-electron chi connectivity index (χ0n) is 17.3. The van der Waals surface area contributed by atoms with E-state index in [0.29, 0.717) is 10.8 Å². The first-order chi connectivity index (χ1) is 14.6. The molecule has 0 aliphatic heterocycles. The molecule has 4 aromatic rings. The summed E-state index contributed by atoms with van der Waals surface area (Å²) in [6, 6.07) is 13.3. The average Bonchev–Trinajstić information content (AvgIpc) is 3.40. The fourth-order valence-corrected chi connectivity index (χ4v) is 4.07. The molecule has 0 unspecified atom stereocenters. The van der Waals surface area contributed by atoms with E-state index in [1.807, 2.05) is 59.5 Å². The van der Waals surface area contributed by atoms with Crippen molar-refractivity contribution in [2.75, 3.05) is 23.3 Å². The van der Waals surface area contributed by atoms with Crippen LogP contribution in [0, 0.1) is 12.7 Å². The maximum absolute atomic E-state index is 14.4. The monoisotopic (exact) mass is 421 g/mol. The van der Waals surface area contributed by atoms with E-state index in [1.54, 1.807) is 6.33 Å². The summed E-state index contributed by atoms with van der Waals surface area (Å²) in [5.41, 5.74) is 5.32. The van der Waals surface area contributed by atoms with E-state index in [2.05, 4.69) is 34.0 Å². The van der Waals surface area contributed by atoms with E-state index in [-0.39, 0.29) is 5.82 Å². The molecule has 30 heavy (non-hydrogen) atoms. The molecule has 154 valence electrons. The molecule has 7 heteroatoms. The highest BCUT2D eigenvalue weighted by Crippen LogP contribution is 2.30. The van der Waals surface area contributed by atoms with Gasteiger partial charge in [0.15, 0.2) is 5.13 Å². The molecule has 2 aromatic carbocycles. The van der Waals surface area contributed by atoms with Gasteiger partial charge in [-0.1, -0.05) is 12.1 Å². The minimum atomic E-state index is -0.289. The number of aryl methyl sites for hydroxylation is 1. The summed E-state index contributed by atoms with van der Waals surface area (Å²) in [5, 5.41) is 5.78. The summed E-state index contributed by atoms with van der Waals surface area (Å²) in [5.74, 6) is -0.289. The van der Waals surface area contributed by atoms with Crippen LogP contribution in [0.5, 0.6) is 0 Å². The second-order valence-electron chi connectivity index (χ2n) is 6.97. The van der Waals surface area contributed by atoms with Crippen LogP contribution in [0.25, 0.3) is 16.9 Å². The van der Waals surface area contributed by atoms with Crippen molar-refractivity contribution < 1.29 is 4.39 Å². The molecule has 0 saturated carbocycles. The van der Waals surface area contributed by atoms with Gasteiger partial charge in [0, 0.05) is 41.6 Å². The first-order valence-corrected chi connectivity index (χ1v) is 10.8. The number of nitrogens with zero attached hydrogens (tertiary/aromatic N) is 4. The minimum Gasteiger partial charge on any atom is -0.372 e. The minimum absolute atomic E-state index is 0.289. The van der Waals surface area contributed by atoms with Gasteiger partial charge >= 0.3 is 0 Å². The molecule has 0 bridgehead atoms. The van der Waals surface area contributed by atoms with Crippen LogP contribution in [0.3, 0.4) is 0 Å². The summed E-state index contributed by atoms with van der Waals surface area (Å²) >= 11 is 1.46. The second kappa shape index (κ2) is 8.67. The normalized spacial score (nSPS) is 10.9. The molecule has 0 aliphatic carbocycles. The number of aromatic nitrogens is 3. The molecular formula is C23H24FN5S. The summed E-state index contributed by atoms with van der Waals surface area (Å²) < 4.78 is 16.3. The Bertz CT molecular complexity index is 1130. The van der Waals surface area contributed by atoms with Crippen molar-refractivity contribution >= 4 is 27.8 Å². The molecule has 0 amide bonds. The molecule has 2 aromatic heterocycles. The van der Waals surface area contributed by atoms with Gasteiger partial charge in [-0.2, -0.15) is 0 Å². The Balaban J connectivity index is 1.53. The Morgan fingerprint density at radius 1 is 1.10 bits per heavy atom. The third kappa shape index (κ3) is 4.21. The second-order valence-corrected chi connectivity index (χ2v) is 7.83. The maximum atomic E-state index is 14.4. The van der Waals surface area contributed by atoms with Gasteiger partial charge in [0.05, 0.1) is 23.4 Å². The van der Waals surface area contributed by atoms with E-state index in [9.17, 15) is 4.39 Å². The lowest BCUT2D eigenvalue weighted by Crippen LogP contribution is -2.21. The van der Waals surface area contributed by atoms with Gasteiger partial charge in [-0.25, -0.2) is 14.4 Å². The topological polar surface area (TPSA) is 46.0 Å². The van der Waals surface area contributed by atoms with Crippen LogP contribution in [-0.4, -0.2) is 27.6 Å². The van der Waals surface area contributed by atoms with E-state index < -0.39 is 0 Å². The predicted octanol–water partition coefficient (Wildman–Crippen LogP) is 6.03. The highest BCUT2D eigenvalue weighted by molar-refractivity contribution is 7.14. The fourth-order valence-electron chi connectivity index (χ4n) is 3.34. The molecule has 1 N–H and O–H groups in total. The van der Waals surface area contributed by atoms with Crippen LogP contribution in [0.2, 0.25) is 0 Å². The molecule has 0 radical (unpaired) electrons. The van der Waals surface area contributed by atoms with Crippen LogP contribution < -0.4 is 10.2 Å². The Labute approximate surface area is 179 Å². The van der Waals surface area contributed by atoms with Gasteiger partial charge < -0.3 is 14.8 Å². The van der Waals surface area contributed by atoms with E-state index in [0.717, 1.165) is 41.4 Å². The van der Waals surface area contributed by atoms with E-state index in [4.69, 9.17) is 0 Å². The van der Waals surface area contributed by atoms with E-state index >= 15 is 0 Å². The highest BCUT2D eigenvalue weighted by Gasteiger charge is 2.11. The lowest BCUT2D eigenvalue weighted by molar-refractivity contribution is 0.631. The zero-order chi connectivity index (χ0) is 21.1. The van der Waals surface area contributed by atoms with Crippen molar-refractivity contribution in [1.82, 2.24) is 14.5 Å². The Kier molecular flexibility index (Phi) is 5.81. The first-order valence-electron chi connectivity index (χ1n) is 9.95. The number of rotatable bonds is 7. The van der Waals surface area contributed by atoms with Crippen molar-refractivity contribution in [1.29, 1.82) is 0 Å². The zero-order valence-corrected chi connectivity index (χ0v) is 18.1. The number of hydrogen-bond acceptors (Lipinski definition) is 5. The molecule has 0 atom stereocenters. The lowest BCUT2D eigenvalue weighted by atomic mass is 10.1. The fraction of sp³-hybridized carbons (Fsp3) is 0.217. The molecule has 0 fully saturated rings. The van der Waals surface area contributed by atoms with Gasteiger partial charge in [-0.15, -0.1) is 11.3 Å². The lowest BCUT2D eigenvalue weighted by Gasteiger charge is -2.21. The number of benzene rings is 2. The summed E-state index contributed by atoms with van der Waals surface area (Å²) in [6.07, 6.45) is 3.79. The summed E-state index contributed by atoms with van der Waals surface area (Å²) in [6.45, 7) is 7.89. The predicted molar refractivity (Wildman–Crippen MR) is 123 cm³/mol. The summed E-state index contributed by atoms with van der Waals surface area (Å²) in [7, 11) is 0.